The molecule has 0 aliphatic carbocycles. The Bertz CT molecular complexity index is 688. The Labute approximate surface area is 111 Å². The van der Waals surface area contributed by atoms with Crippen LogP contribution in [0, 0.1) is 17.1 Å². The van der Waals surface area contributed by atoms with Gasteiger partial charge in [-0.15, -0.1) is 0 Å². The van der Waals surface area contributed by atoms with E-state index in [-0.39, 0.29) is 17.7 Å². The summed E-state index contributed by atoms with van der Waals surface area (Å²) in [6.07, 6.45) is 1.58. The van der Waals surface area contributed by atoms with Gasteiger partial charge in [-0.25, -0.2) is 4.39 Å². The van der Waals surface area contributed by atoms with Crippen molar-refractivity contribution in [3.8, 4) is 6.07 Å². The Balaban J connectivity index is 2.44. The van der Waals surface area contributed by atoms with E-state index in [2.05, 4.69) is 15.9 Å². The van der Waals surface area contributed by atoms with E-state index in [4.69, 9.17) is 5.26 Å². The Morgan fingerprint density at radius 3 is 2.83 bits per heavy atom. The summed E-state index contributed by atoms with van der Waals surface area (Å²) in [6.45, 7) is 0.0969. The highest BCUT2D eigenvalue weighted by Gasteiger charge is 2.08. The Morgan fingerprint density at radius 1 is 1.33 bits per heavy atom. The van der Waals surface area contributed by atoms with Crippen molar-refractivity contribution in [1.82, 2.24) is 4.57 Å². The van der Waals surface area contributed by atoms with Gasteiger partial charge in [0.1, 0.15) is 11.9 Å². The number of nitriles is 1. The van der Waals surface area contributed by atoms with Gasteiger partial charge in [0.25, 0.3) is 5.56 Å². The van der Waals surface area contributed by atoms with Crippen LogP contribution in [-0.4, -0.2) is 4.57 Å². The molecule has 18 heavy (non-hydrogen) atoms. The van der Waals surface area contributed by atoms with Crippen LogP contribution < -0.4 is 5.56 Å². The number of benzene rings is 1. The lowest BCUT2D eigenvalue weighted by Gasteiger charge is -2.07. The molecule has 0 saturated heterocycles. The molecule has 0 amide bonds. The number of halogens is 2. The fourth-order valence-corrected chi connectivity index (χ4v) is 1.98. The lowest BCUT2D eigenvalue weighted by Crippen LogP contribution is -2.19. The summed E-state index contributed by atoms with van der Waals surface area (Å²) < 4.78 is 16.0. The molecule has 0 radical (unpaired) electrons. The van der Waals surface area contributed by atoms with Crippen molar-refractivity contribution in [1.29, 1.82) is 5.26 Å². The van der Waals surface area contributed by atoms with Gasteiger partial charge in [-0.2, -0.15) is 5.26 Å². The largest absolute Gasteiger partial charge is 0.310 e. The summed E-state index contributed by atoms with van der Waals surface area (Å²) in [7, 11) is 0. The number of rotatable bonds is 2. The predicted octanol–water partition coefficient (Wildman–Crippen LogP) is 2.67. The first kappa shape index (κ1) is 12.5. The highest BCUT2D eigenvalue weighted by atomic mass is 79.9. The standard InChI is InChI=1S/C13H8BrFN2O/c14-11-4-5-12(18)17(8-11)7-10-3-1-2-9(6-16)13(10)15/h1-5,8H,7H2. The van der Waals surface area contributed by atoms with Crippen LogP contribution >= 0.6 is 15.9 Å². The van der Waals surface area contributed by atoms with Crippen LogP contribution in [0.4, 0.5) is 4.39 Å². The van der Waals surface area contributed by atoms with Gasteiger partial charge in [-0.05, 0) is 28.1 Å². The minimum Gasteiger partial charge on any atom is -0.310 e. The first-order valence-corrected chi connectivity index (χ1v) is 5.94. The van der Waals surface area contributed by atoms with Gasteiger partial charge in [0, 0.05) is 22.3 Å². The topological polar surface area (TPSA) is 45.8 Å². The van der Waals surface area contributed by atoms with Gasteiger partial charge in [-0.3, -0.25) is 4.79 Å². The Hall–Kier alpha value is -1.93. The molecule has 0 spiro atoms. The first-order chi connectivity index (χ1) is 8.61. The summed E-state index contributed by atoms with van der Waals surface area (Å²) in [5.74, 6) is -0.577. The molecular weight excluding hydrogens is 299 g/mol. The number of aromatic nitrogens is 1. The van der Waals surface area contributed by atoms with Gasteiger partial charge >= 0.3 is 0 Å². The molecule has 0 aliphatic rings. The average molecular weight is 307 g/mol. The number of hydrogen-bond donors (Lipinski definition) is 0. The minimum absolute atomic E-state index is 0.0180. The molecule has 0 saturated carbocycles. The average Bonchev–Trinajstić information content (AvgIpc) is 2.36. The minimum atomic E-state index is -0.577. The molecule has 1 aromatic carbocycles. The lowest BCUT2D eigenvalue weighted by atomic mass is 10.1. The summed E-state index contributed by atoms with van der Waals surface area (Å²) in [5, 5.41) is 8.74. The fourth-order valence-electron chi connectivity index (χ4n) is 1.60. The van der Waals surface area contributed by atoms with Crippen molar-refractivity contribution in [2.24, 2.45) is 0 Å². The molecule has 0 unspecified atom stereocenters. The van der Waals surface area contributed by atoms with Crippen molar-refractivity contribution < 1.29 is 4.39 Å². The zero-order chi connectivity index (χ0) is 13.1. The predicted molar refractivity (Wildman–Crippen MR) is 68.6 cm³/mol. The SMILES string of the molecule is N#Cc1cccc(Cn2cc(Br)ccc2=O)c1F. The maximum absolute atomic E-state index is 13.8. The van der Waals surface area contributed by atoms with Crippen molar-refractivity contribution in [2.45, 2.75) is 6.54 Å². The number of pyridine rings is 1. The molecule has 5 heteroatoms. The molecular formula is C13H8BrFN2O. The normalized spacial score (nSPS) is 10.1. The molecule has 0 aliphatic heterocycles. The third kappa shape index (κ3) is 2.49. The number of nitrogens with zero attached hydrogens (tertiary/aromatic N) is 2. The van der Waals surface area contributed by atoms with E-state index in [0.29, 0.717) is 5.56 Å². The first-order valence-electron chi connectivity index (χ1n) is 5.15. The summed E-state index contributed by atoms with van der Waals surface area (Å²) in [4.78, 5) is 11.6. The second kappa shape index (κ2) is 5.15. The summed E-state index contributed by atoms with van der Waals surface area (Å²) >= 11 is 3.25. The second-order valence-electron chi connectivity index (χ2n) is 3.70. The number of hydrogen-bond acceptors (Lipinski definition) is 2. The van der Waals surface area contributed by atoms with Gasteiger partial charge in [0.2, 0.25) is 0 Å². The van der Waals surface area contributed by atoms with Crippen molar-refractivity contribution in [3.05, 3.63) is 68.3 Å². The van der Waals surface area contributed by atoms with Crippen LogP contribution in [-0.2, 0) is 6.54 Å². The van der Waals surface area contributed by atoms with E-state index >= 15 is 0 Å². The van der Waals surface area contributed by atoms with Crippen molar-refractivity contribution >= 4 is 15.9 Å². The fraction of sp³-hybridized carbons (Fsp3) is 0.0769. The molecule has 1 aromatic heterocycles. The van der Waals surface area contributed by atoms with E-state index in [1.165, 1.54) is 16.7 Å². The lowest BCUT2D eigenvalue weighted by molar-refractivity contribution is 0.592. The molecule has 3 nitrogen and oxygen atoms in total. The van der Waals surface area contributed by atoms with E-state index in [1.54, 1.807) is 30.5 Å². The molecule has 0 fully saturated rings. The zero-order valence-corrected chi connectivity index (χ0v) is 10.8. The maximum atomic E-state index is 13.8. The molecule has 2 aromatic rings. The Morgan fingerprint density at radius 2 is 2.11 bits per heavy atom. The molecule has 0 N–H and O–H groups in total. The van der Waals surface area contributed by atoms with Crippen LogP contribution in [0.2, 0.25) is 0 Å². The maximum Gasteiger partial charge on any atom is 0.250 e. The highest BCUT2D eigenvalue weighted by molar-refractivity contribution is 9.10. The quantitative estimate of drug-likeness (QED) is 0.856. The third-order valence-corrected chi connectivity index (χ3v) is 2.96. The van der Waals surface area contributed by atoms with Crippen LogP contribution in [0.1, 0.15) is 11.1 Å². The monoisotopic (exact) mass is 306 g/mol. The van der Waals surface area contributed by atoms with Gasteiger partial charge in [0.15, 0.2) is 0 Å². The van der Waals surface area contributed by atoms with Gasteiger partial charge in [0.05, 0.1) is 12.1 Å². The summed E-state index contributed by atoms with van der Waals surface area (Å²) in [6, 6.07) is 9.36. The van der Waals surface area contributed by atoms with Crippen molar-refractivity contribution in [2.75, 3.05) is 0 Å². The van der Waals surface area contributed by atoms with Crippen LogP contribution in [0.15, 0.2) is 45.8 Å². The highest BCUT2D eigenvalue weighted by Crippen LogP contribution is 2.14. The second-order valence-corrected chi connectivity index (χ2v) is 4.62. The van der Waals surface area contributed by atoms with E-state index < -0.39 is 5.82 Å². The molecule has 0 atom stereocenters. The van der Waals surface area contributed by atoms with Crippen LogP contribution in [0.25, 0.3) is 0 Å². The van der Waals surface area contributed by atoms with Crippen LogP contribution in [0.5, 0.6) is 0 Å². The zero-order valence-electron chi connectivity index (χ0n) is 9.23. The molecule has 2 rings (SSSR count). The van der Waals surface area contributed by atoms with E-state index in [9.17, 15) is 9.18 Å². The molecule has 1 heterocycles. The third-order valence-electron chi connectivity index (χ3n) is 2.49. The Kier molecular flexibility index (Phi) is 3.58. The van der Waals surface area contributed by atoms with Gasteiger partial charge < -0.3 is 4.57 Å². The summed E-state index contributed by atoms with van der Waals surface area (Å²) in [5.41, 5.74) is 0.0738. The smallest absolute Gasteiger partial charge is 0.250 e. The molecule has 90 valence electrons. The van der Waals surface area contributed by atoms with E-state index in [0.717, 1.165) is 4.47 Å². The van der Waals surface area contributed by atoms with E-state index in [1.807, 2.05) is 0 Å². The van der Waals surface area contributed by atoms with Crippen molar-refractivity contribution in [3.63, 3.8) is 0 Å². The van der Waals surface area contributed by atoms with Crippen LogP contribution in [0.3, 0.4) is 0 Å². The molecule has 0 bridgehead atoms. The van der Waals surface area contributed by atoms with Gasteiger partial charge in [-0.1, -0.05) is 12.1 Å².